The summed E-state index contributed by atoms with van der Waals surface area (Å²) >= 11 is 0. The third-order valence-corrected chi connectivity index (χ3v) is 5.24. The van der Waals surface area contributed by atoms with E-state index in [0.717, 1.165) is 48.6 Å². The van der Waals surface area contributed by atoms with E-state index in [4.69, 9.17) is 9.47 Å². The van der Waals surface area contributed by atoms with Gasteiger partial charge in [-0.2, -0.15) is 0 Å². The highest BCUT2D eigenvalue weighted by atomic mass is 16.5. The molecule has 6 heteroatoms. The Labute approximate surface area is 173 Å². The van der Waals surface area contributed by atoms with Crippen LogP contribution in [-0.4, -0.2) is 41.6 Å². The lowest BCUT2D eigenvalue weighted by atomic mass is 9.96. The molecule has 1 aromatic carbocycles. The number of anilines is 1. The molecule has 0 saturated carbocycles. The first-order valence-corrected chi connectivity index (χ1v) is 10.4. The summed E-state index contributed by atoms with van der Waals surface area (Å²) in [6.45, 7) is 10.1. The van der Waals surface area contributed by atoms with Gasteiger partial charge >= 0.3 is 0 Å². The van der Waals surface area contributed by atoms with Crippen molar-refractivity contribution in [1.29, 1.82) is 0 Å². The molecule has 0 spiro atoms. The van der Waals surface area contributed by atoms with E-state index in [1.54, 1.807) is 13.3 Å². The molecule has 1 saturated heterocycles. The van der Waals surface area contributed by atoms with Crippen LogP contribution in [0.25, 0.3) is 0 Å². The SMILES string of the molecule is CCCOc1ncnc(N2CC[C@@H](Oc3ccc([C@H](C)CC(C)=O)cc3)C2)c1C. The number of carbonyl (C=O) groups is 1. The third-order valence-electron chi connectivity index (χ3n) is 5.24. The van der Waals surface area contributed by atoms with Gasteiger partial charge in [-0.3, -0.25) is 0 Å². The lowest BCUT2D eigenvalue weighted by Crippen LogP contribution is -2.26. The zero-order valence-electron chi connectivity index (χ0n) is 17.9. The van der Waals surface area contributed by atoms with Crippen molar-refractivity contribution in [3.05, 3.63) is 41.7 Å². The van der Waals surface area contributed by atoms with Crippen LogP contribution in [0.5, 0.6) is 11.6 Å². The first-order valence-electron chi connectivity index (χ1n) is 10.4. The second kappa shape index (κ2) is 9.72. The summed E-state index contributed by atoms with van der Waals surface area (Å²) in [7, 11) is 0. The molecule has 0 amide bonds. The number of ether oxygens (including phenoxy) is 2. The maximum atomic E-state index is 11.3. The first kappa shape index (κ1) is 21.1. The van der Waals surface area contributed by atoms with E-state index in [-0.39, 0.29) is 17.8 Å². The van der Waals surface area contributed by atoms with Gasteiger partial charge in [-0.15, -0.1) is 0 Å². The molecular formula is C23H31N3O3. The Morgan fingerprint density at radius 2 is 2.03 bits per heavy atom. The van der Waals surface area contributed by atoms with E-state index in [0.29, 0.717) is 18.9 Å². The molecule has 29 heavy (non-hydrogen) atoms. The summed E-state index contributed by atoms with van der Waals surface area (Å²) in [4.78, 5) is 22.3. The Bertz CT molecular complexity index is 823. The largest absolute Gasteiger partial charge is 0.489 e. The molecule has 0 bridgehead atoms. The minimum absolute atomic E-state index is 0.116. The van der Waals surface area contributed by atoms with Crippen LogP contribution in [-0.2, 0) is 4.79 Å². The van der Waals surface area contributed by atoms with Crippen LogP contribution in [0.15, 0.2) is 30.6 Å². The number of benzene rings is 1. The number of ketones is 1. The lowest BCUT2D eigenvalue weighted by molar-refractivity contribution is -0.117. The molecule has 3 rings (SSSR count). The second-order valence-corrected chi connectivity index (χ2v) is 7.83. The number of hydrogen-bond donors (Lipinski definition) is 0. The molecule has 2 atom stereocenters. The van der Waals surface area contributed by atoms with Gasteiger partial charge in [0.25, 0.3) is 0 Å². The van der Waals surface area contributed by atoms with E-state index < -0.39 is 0 Å². The van der Waals surface area contributed by atoms with Crippen molar-refractivity contribution in [3.8, 4) is 11.6 Å². The fraction of sp³-hybridized carbons (Fsp3) is 0.522. The van der Waals surface area contributed by atoms with Gasteiger partial charge in [-0.05, 0) is 43.9 Å². The van der Waals surface area contributed by atoms with E-state index >= 15 is 0 Å². The minimum atomic E-state index is 0.116. The summed E-state index contributed by atoms with van der Waals surface area (Å²) in [6.07, 6.45) is 4.15. The topological polar surface area (TPSA) is 64.6 Å². The summed E-state index contributed by atoms with van der Waals surface area (Å²) in [5.41, 5.74) is 2.14. The van der Waals surface area contributed by atoms with Crippen LogP contribution in [0, 0.1) is 6.92 Å². The van der Waals surface area contributed by atoms with Crippen LogP contribution < -0.4 is 14.4 Å². The van der Waals surface area contributed by atoms with Crippen LogP contribution in [0.1, 0.15) is 57.1 Å². The van der Waals surface area contributed by atoms with E-state index in [9.17, 15) is 4.79 Å². The summed E-state index contributed by atoms with van der Waals surface area (Å²) < 4.78 is 11.9. The molecule has 0 unspecified atom stereocenters. The van der Waals surface area contributed by atoms with E-state index in [1.165, 1.54) is 0 Å². The molecular weight excluding hydrogens is 366 g/mol. The Kier molecular flexibility index (Phi) is 7.07. The van der Waals surface area contributed by atoms with Gasteiger partial charge in [0.05, 0.1) is 18.7 Å². The van der Waals surface area contributed by atoms with Gasteiger partial charge in [0.2, 0.25) is 5.88 Å². The van der Waals surface area contributed by atoms with Crippen LogP contribution in [0.4, 0.5) is 5.82 Å². The highest BCUT2D eigenvalue weighted by Crippen LogP contribution is 2.29. The highest BCUT2D eigenvalue weighted by molar-refractivity contribution is 5.76. The summed E-state index contributed by atoms with van der Waals surface area (Å²) in [6, 6.07) is 8.12. The van der Waals surface area contributed by atoms with Crippen molar-refractivity contribution < 1.29 is 14.3 Å². The number of Topliss-reactive ketones (excluding diaryl/α,β-unsaturated/α-hetero) is 1. The molecule has 2 heterocycles. The number of hydrogen-bond acceptors (Lipinski definition) is 6. The van der Waals surface area contributed by atoms with Crippen LogP contribution in [0.2, 0.25) is 0 Å². The molecule has 1 aliphatic heterocycles. The van der Waals surface area contributed by atoms with Gasteiger partial charge in [0.15, 0.2) is 0 Å². The Morgan fingerprint density at radius 3 is 2.72 bits per heavy atom. The standard InChI is InChI=1S/C23H31N3O3/c1-5-12-28-23-18(4)22(24-15-25-23)26-11-10-21(14-26)29-20-8-6-19(7-9-20)16(2)13-17(3)27/h6-9,15-16,21H,5,10-14H2,1-4H3/t16-,21-/m1/s1. The van der Waals surface area contributed by atoms with Gasteiger partial charge in [-0.1, -0.05) is 26.0 Å². The quantitative estimate of drug-likeness (QED) is 0.628. The van der Waals surface area contributed by atoms with Crippen molar-refractivity contribution >= 4 is 11.6 Å². The normalized spacial score (nSPS) is 17.2. The average Bonchev–Trinajstić information content (AvgIpc) is 3.15. The van der Waals surface area contributed by atoms with Gasteiger partial charge in [-0.25, -0.2) is 9.97 Å². The van der Waals surface area contributed by atoms with E-state index in [2.05, 4.69) is 40.8 Å². The zero-order chi connectivity index (χ0) is 20.8. The van der Waals surface area contributed by atoms with Crippen molar-refractivity contribution in [2.75, 3.05) is 24.6 Å². The fourth-order valence-electron chi connectivity index (χ4n) is 3.72. The van der Waals surface area contributed by atoms with Gasteiger partial charge in [0, 0.05) is 19.4 Å². The van der Waals surface area contributed by atoms with Crippen LogP contribution >= 0.6 is 0 Å². The fourth-order valence-corrected chi connectivity index (χ4v) is 3.72. The third kappa shape index (κ3) is 5.46. The van der Waals surface area contributed by atoms with Crippen molar-refractivity contribution in [2.24, 2.45) is 0 Å². The zero-order valence-corrected chi connectivity index (χ0v) is 17.9. The number of carbonyl (C=O) groups excluding carboxylic acids is 1. The number of nitrogens with zero attached hydrogens (tertiary/aromatic N) is 3. The summed E-state index contributed by atoms with van der Waals surface area (Å²) in [5.74, 6) is 2.89. The molecule has 0 N–H and O–H groups in total. The Balaban J connectivity index is 1.60. The maximum Gasteiger partial charge on any atom is 0.221 e. The summed E-state index contributed by atoms with van der Waals surface area (Å²) in [5, 5.41) is 0. The smallest absolute Gasteiger partial charge is 0.221 e. The highest BCUT2D eigenvalue weighted by Gasteiger charge is 2.27. The molecule has 2 aromatic rings. The van der Waals surface area contributed by atoms with Crippen molar-refractivity contribution in [3.63, 3.8) is 0 Å². The van der Waals surface area contributed by atoms with Gasteiger partial charge in [0.1, 0.15) is 29.8 Å². The minimum Gasteiger partial charge on any atom is -0.489 e. The molecule has 0 aliphatic carbocycles. The monoisotopic (exact) mass is 397 g/mol. The second-order valence-electron chi connectivity index (χ2n) is 7.83. The first-order chi connectivity index (χ1) is 14.0. The Morgan fingerprint density at radius 1 is 1.28 bits per heavy atom. The maximum absolute atomic E-state index is 11.3. The molecule has 0 radical (unpaired) electrons. The Hall–Kier alpha value is -2.63. The van der Waals surface area contributed by atoms with Gasteiger partial charge < -0.3 is 19.2 Å². The molecule has 1 aliphatic rings. The lowest BCUT2D eigenvalue weighted by Gasteiger charge is -2.21. The molecule has 1 aromatic heterocycles. The molecule has 1 fully saturated rings. The molecule has 156 valence electrons. The number of aromatic nitrogens is 2. The predicted octanol–water partition coefficient (Wildman–Crippen LogP) is 4.31. The van der Waals surface area contributed by atoms with Crippen molar-refractivity contribution in [2.45, 2.75) is 59.0 Å². The average molecular weight is 398 g/mol. The van der Waals surface area contributed by atoms with Crippen molar-refractivity contribution in [1.82, 2.24) is 9.97 Å². The van der Waals surface area contributed by atoms with Crippen LogP contribution in [0.3, 0.4) is 0 Å². The number of rotatable bonds is 9. The predicted molar refractivity (Wildman–Crippen MR) is 114 cm³/mol. The molecule has 6 nitrogen and oxygen atoms in total. The van der Waals surface area contributed by atoms with E-state index in [1.807, 2.05) is 19.1 Å².